The summed E-state index contributed by atoms with van der Waals surface area (Å²) in [7, 11) is 5.92. The molecule has 7 nitrogen and oxygen atoms in total. The fraction of sp³-hybridized carbons (Fsp3) is 0.333. The van der Waals surface area contributed by atoms with Crippen molar-refractivity contribution < 1.29 is 24.5 Å². The highest BCUT2D eigenvalue weighted by Crippen LogP contribution is 2.22. The Bertz CT molecular complexity index is 733. The maximum absolute atomic E-state index is 9.55. The normalized spacial score (nSPS) is 12.0. The first-order chi connectivity index (χ1) is 11.7. The van der Waals surface area contributed by atoms with E-state index in [4.69, 9.17) is 14.9 Å². The van der Waals surface area contributed by atoms with Crippen molar-refractivity contribution in [3.05, 3.63) is 42.6 Å². The van der Waals surface area contributed by atoms with Crippen LogP contribution in [0.3, 0.4) is 0 Å². The molecule has 1 atom stereocenters. The predicted molar refractivity (Wildman–Crippen MR) is 96.1 cm³/mol. The van der Waals surface area contributed by atoms with E-state index in [2.05, 4.69) is 54.9 Å². The standard InChI is InChI=1S/C14H20N2O.C4H4O4/c1-11(15(2)3)10-16-8-7-12-9-13(17-4)5-6-14(12)16;5-3(6)1-2-4(7)8/h5-9,11H,10H2,1-4H3;1-2H,(H,5,6)(H,7,8)/b;2-1+/t11-;/m1./s1. The number of carbonyl (C=O) groups is 2. The van der Waals surface area contributed by atoms with Crippen LogP contribution in [-0.2, 0) is 16.1 Å². The van der Waals surface area contributed by atoms with Crippen molar-refractivity contribution >= 4 is 22.8 Å². The molecule has 0 unspecified atom stereocenters. The first-order valence-electron chi connectivity index (χ1n) is 7.67. The molecule has 0 saturated carbocycles. The van der Waals surface area contributed by atoms with Gasteiger partial charge in [-0.3, -0.25) is 0 Å². The maximum atomic E-state index is 9.55. The molecule has 25 heavy (non-hydrogen) atoms. The van der Waals surface area contributed by atoms with Crippen molar-refractivity contribution in [3.8, 4) is 5.75 Å². The highest BCUT2D eigenvalue weighted by molar-refractivity contribution is 5.89. The van der Waals surface area contributed by atoms with E-state index in [0.717, 1.165) is 12.3 Å². The lowest BCUT2D eigenvalue weighted by molar-refractivity contribution is -0.134. The predicted octanol–water partition coefficient (Wildman–Crippen LogP) is 2.31. The minimum Gasteiger partial charge on any atom is -0.497 e. The first kappa shape index (κ1) is 20.2. The summed E-state index contributed by atoms with van der Waals surface area (Å²) in [6.45, 7) is 3.23. The number of fused-ring (bicyclic) bond motifs is 1. The number of carboxylic acids is 2. The van der Waals surface area contributed by atoms with E-state index in [1.165, 1.54) is 10.9 Å². The van der Waals surface area contributed by atoms with E-state index >= 15 is 0 Å². The molecule has 7 heteroatoms. The third-order valence-electron chi connectivity index (χ3n) is 3.69. The number of methoxy groups -OCH3 is 1. The summed E-state index contributed by atoms with van der Waals surface area (Å²) >= 11 is 0. The average Bonchev–Trinajstić information content (AvgIpc) is 2.95. The Morgan fingerprint density at radius 3 is 2.28 bits per heavy atom. The molecule has 0 saturated heterocycles. The zero-order chi connectivity index (χ0) is 19.0. The molecule has 0 radical (unpaired) electrons. The van der Waals surface area contributed by atoms with E-state index in [9.17, 15) is 9.59 Å². The summed E-state index contributed by atoms with van der Waals surface area (Å²) in [4.78, 5) is 21.3. The Morgan fingerprint density at radius 2 is 1.80 bits per heavy atom. The second-order valence-corrected chi connectivity index (χ2v) is 5.72. The molecular weight excluding hydrogens is 324 g/mol. The summed E-state index contributed by atoms with van der Waals surface area (Å²) in [5.74, 6) is -1.60. The third-order valence-corrected chi connectivity index (χ3v) is 3.69. The van der Waals surface area contributed by atoms with Crippen LogP contribution in [0.15, 0.2) is 42.6 Å². The molecule has 2 N–H and O–H groups in total. The number of hydrogen-bond acceptors (Lipinski definition) is 4. The van der Waals surface area contributed by atoms with Gasteiger partial charge in [0.1, 0.15) is 5.75 Å². The molecule has 0 amide bonds. The SMILES string of the molecule is COc1ccc2c(ccn2C[C@@H](C)N(C)C)c1.O=C(O)/C=C/C(=O)O. The van der Waals surface area contributed by atoms with Crippen LogP contribution < -0.4 is 4.74 Å². The number of nitrogens with zero attached hydrogens (tertiary/aromatic N) is 2. The molecule has 1 heterocycles. The zero-order valence-corrected chi connectivity index (χ0v) is 14.8. The smallest absolute Gasteiger partial charge is 0.328 e. The number of likely N-dealkylation sites (N-methyl/N-ethyl adjacent to an activating group) is 1. The molecule has 0 spiro atoms. The van der Waals surface area contributed by atoms with Crippen LogP contribution in [-0.4, -0.2) is 58.9 Å². The summed E-state index contributed by atoms with van der Waals surface area (Å²) in [6, 6.07) is 8.87. The van der Waals surface area contributed by atoms with Crippen LogP contribution in [0.5, 0.6) is 5.75 Å². The maximum Gasteiger partial charge on any atom is 0.328 e. The van der Waals surface area contributed by atoms with Gasteiger partial charge in [-0.15, -0.1) is 0 Å². The van der Waals surface area contributed by atoms with Gasteiger partial charge in [0.25, 0.3) is 0 Å². The van der Waals surface area contributed by atoms with Gasteiger partial charge in [0.2, 0.25) is 0 Å². The number of rotatable bonds is 6. The van der Waals surface area contributed by atoms with Gasteiger partial charge in [0.05, 0.1) is 7.11 Å². The van der Waals surface area contributed by atoms with E-state index in [0.29, 0.717) is 18.2 Å². The van der Waals surface area contributed by atoms with Crippen molar-refractivity contribution in [1.29, 1.82) is 0 Å². The van der Waals surface area contributed by atoms with Crippen LogP contribution in [0.25, 0.3) is 10.9 Å². The van der Waals surface area contributed by atoms with Gasteiger partial charge in [-0.2, -0.15) is 0 Å². The number of carboxylic acid groups (broad SMARTS) is 2. The average molecular weight is 348 g/mol. The van der Waals surface area contributed by atoms with Crippen LogP contribution in [0.2, 0.25) is 0 Å². The second-order valence-electron chi connectivity index (χ2n) is 5.72. The largest absolute Gasteiger partial charge is 0.497 e. The lowest BCUT2D eigenvalue weighted by Crippen LogP contribution is -2.28. The molecule has 0 aliphatic heterocycles. The molecular formula is C18H24N2O5. The van der Waals surface area contributed by atoms with E-state index in [1.807, 2.05) is 6.07 Å². The van der Waals surface area contributed by atoms with Crippen molar-refractivity contribution in [2.24, 2.45) is 0 Å². The lowest BCUT2D eigenvalue weighted by Gasteiger charge is -2.20. The van der Waals surface area contributed by atoms with Gasteiger partial charge < -0.3 is 24.4 Å². The van der Waals surface area contributed by atoms with Gasteiger partial charge in [-0.25, -0.2) is 9.59 Å². The third kappa shape index (κ3) is 6.68. The van der Waals surface area contributed by atoms with E-state index in [1.54, 1.807) is 7.11 Å². The number of aromatic nitrogens is 1. The highest BCUT2D eigenvalue weighted by atomic mass is 16.5. The van der Waals surface area contributed by atoms with Crippen molar-refractivity contribution in [3.63, 3.8) is 0 Å². The number of hydrogen-bond donors (Lipinski definition) is 2. The van der Waals surface area contributed by atoms with Gasteiger partial charge in [-0.05, 0) is 45.3 Å². The number of ether oxygens (including phenoxy) is 1. The molecule has 1 aromatic carbocycles. The van der Waals surface area contributed by atoms with Gasteiger partial charge in [0, 0.05) is 41.8 Å². The fourth-order valence-electron chi connectivity index (χ4n) is 2.05. The minimum atomic E-state index is -1.26. The van der Waals surface area contributed by atoms with Crippen LogP contribution >= 0.6 is 0 Å². The molecule has 136 valence electrons. The van der Waals surface area contributed by atoms with Gasteiger partial charge in [-0.1, -0.05) is 0 Å². The number of benzene rings is 1. The van der Waals surface area contributed by atoms with Gasteiger partial charge in [0.15, 0.2) is 0 Å². The van der Waals surface area contributed by atoms with Crippen LogP contribution in [0.1, 0.15) is 6.92 Å². The Labute approximate surface area is 146 Å². The second kappa shape index (κ2) is 9.48. The summed E-state index contributed by atoms with van der Waals surface area (Å²) in [6.07, 6.45) is 3.26. The Balaban J connectivity index is 0.000000333. The Kier molecular flexibility index (Phi) is 7.68. The Morgan fingerprint density at radius 1 is 1.20 bits per heavy atom. The molecule has 2 rings (SSSR count). The van der Waals surface area contributed by atoms with Crippen molar-refractivity contribution in [2.75, 3.05) is 21.2 Å². The summed E-state index contributed by atoms with van der Waals surface area (Å²) < 4.78 is 7.52. The molecule has 0 aliphatic carbocycles. The first-order valence-corrected chi connectivity index (χ1v) is 7.67. The monoisotopic (exact) mass is 348 g/mol. The molecule has 0 fully saturated rings. The highest BCUT2D eigenvalue weighted by Gasteiger charge is 2.08. The minimum absolute atomic E-state index is 0.521. The zero-order valence-electron chi connectivity index (χ0n) is 14.8. The number of aliphatic carboxylic acids is 2. The van der Waals surface area contributed by atoms with Crippen molar-refractivity contribution in [2.45, 2.75) is 19.5 Å². The lowest BCUT2D eigenvalue weighted by atomic mass is 10.2. The fourth-order valence-corrected chi connectivity index (χ4v) is 2.05. The van der Waals surface area contributed by atoms with Gasteiger partial charge >= 0.3 is 11.9 Å². The van der Waals surface area contributed by atoms with Crippen LogP contribution in [0, 0.1) is 0 Å². The Hall–Kier alpha value is -2.80. The molecule has 0 aliphatic rings. The summed E-state index contributed by atoms with van der Waals surface area (Å²) in [5, 5.41) is 16.9. The van der Waals surface area contributed by atoms with E-state index < -0.39 is 11.9 Å². The topological polar surface area (TPSA) is 92.0 Å². The van der Waals surface area contributed by atoms with E-state index in [-0.39, 0.29) is 0 Å². The molecule has 1 aromatic heterocycles. The summed E-state index contributed by atoms with van der Waals surface area (Å²) in [5.41, 5.74) is 1.26. The molecule has 0 bridgehead atoms. The molecule has 2 aromatic rings. The van der Waals surface area contributed by atoms with Crippen LogP contribution in [0.4, 0.5) is 0 Å². The van der Waals surface area contributed by atoms with Crippen molar-refractivity contribution in [1.82, 2.24) is 9.47 Å². The quantitative estimate of drug-likeness (QED) is 0.779.